The van der Waals surface area contributed by atoms with Gasteiger partial charge in [-0.1, -0.05) is 11.6 Å². The molecule has 0 unspecified atom stereocenters. The molecule has 1 atom stereocenters. The summed E-state index contributed by atoms with van der Waals surface area (Å²) in [5.74, 6) is -2.50. The minimum absolute atomic E-state index is 0.0165. The van der Waals surface area contributed by atoms with Crippen LogP contribution in [0.2, 0.25) is 5.02 Å². The molecule has 0 amide bonds. The molecule has 2 aliphatic carbocycles. The van der Waals surface area contributed by atoms with Crippen LogP contribution in [0.3, 0.4) is 0 Å². The second kappa shape index (κ2) is 8.27. The van der Waals surface area contributed by atoms with Crippen LogP contribution in [0.5, 0.6) is 0 Å². The molecule has 6 rings (SSSR count). The monoisotopic (exact) mass is 524 g/mol. The van der Waals surface area contributed by atoms with E-state index in [1.807, 2.05) is 4.90 Å². The van der Waals surface area contributed by atoms with Gasteiger partial charge in [-0.3, -0.25) is 4.21 Å². The highest BCUT2D eigenvalue weighted by molar-refractivity contribution is 7.85. The summed E-state index contributed by atoms with van der Waals surface area (Å²) in [6, 6.07) is 0. The summed E-state index contributed by atoms with van der Waals surface area (Å²) < 4.78 is 42.0. The lowest BCUT2D eigenvalue weighted by molar-refractivity contribution is 0.0190. The Morgan fingerprint density at radius 2 is 1.83 bits per heavy atom. The number of alkyl halides is 2. The van der Waals surface area contributed by atoms with Gasteiger partial charge in [-0.05, 0) is 44.9 Å². The van der Waals surface area contributed by atoms with E-state index in [0.717, 1.165) is 37.9 Å². The lowest BCUT2D eigenvalue weighted by Crippen LogP contribution is -2.58. The van der Waals surface area contributed by atoms with E-state index in [1.165, 1.54) is 0 Å². The first-order valence-corrected chi connectivity index (χ1v) is 13.7. The Labute approximate surface area is 209 Å². The van der Waals surface area contributed by atoms with Gasteiger partial charge in [0.05, 0.1) is 33.7 Å². The minimum atomic E-state index is -3.26. The molecule has 3 fully saturated rings. The first kappa shape index (κ1) is 23.4. The van der Waals surface area contributed by atoms with Crippen molar-refractivity contribution in [2.75, 3.05) is 35.7 Å². The molecule has 12 heteroatoms. The van der Waals surface area contributed by atoms with Gasteiger partial charge in [-0.15, -0.1) is 0 Å². The largest absolute Gasteiger partial charge is 0.394 e. The van der Waals surface area contributed by atoms with Gasteiger partial charge in [-0.25, -0.2) is 15.0 Å². The second-order valence-electron chi connectivity index (χ2n) is 10.6. The van der Waals surface area contributed by atoms with Gasteiger partial charge in [-0.2, -0.15) is 13.8 Å². The zero-order chi connectivity index (χ0) is 24.4. The molecule has 0 radical (unpaired) electrons. The van der Waals surface area contributed by atoms with E-state index in [9.17, 15) is 18.1 Å². The molecule has 4 aliphatic rings. The van der Waals surface area contributed by atoms with Crippen LogP contribution < -0.4 is 10.2 Å². The summed E-state index contributed by atoms with van der Waals surface area (Å²) in [4.78, 5) is 19.5. The van der Waals surface area contributed by atoms with Gasteiger partial charge in [0.1, 0.15) is 22.2 Å². The normalized spacial score (nSPS) is 26.2. The number of aliphatic hydroxyl groups is 1. The first-order chi connectivity index (χ1) is 16.7. The quantitative estimate of drug-likeness (QED) is 0.611. The number of anilines is 2. The molecule has 2 aromatic heterocycles. The number of halogens is 3. The number of nitrogens with one attached hydrogen (secondary N) is 1. The average Bonchev–Trinajstić information content (AvgIpc) is 3.03. The number of aliphatic hydroxyl groups excluding tert-OH is 1. The van der Waals surface area contributed by atoms with Gasteiger partial charge in [0.2, 0.25) is 5.95 Å². The van der Waals surface area contributed by atoms with Gasteiger partial charge < -0.3 is 15.3 Å². The summed E-state index contributed by atoms with van der Waals surface area (Å²) in [6.07, 6.45) is 9.52. The predicted molar refractivity (Wildman–Crippen MR) is 127 cm³/mol. The zero-order valence-electron chi connectivity index (χ0n) is 19.1. The molecule has 35 heavy (non-hydrogen) atoms. The third-order valence-corrected chi connectivity index (χ3v) is 9.79. The van der Waals surface area contributed by atoms with E-state index in [-0.39, 0.29) is 28.7 Å². The predicted octanol–water partition coefficient (Wildman–Crippen LogP) is 3.62. The maximum atomic E-state index is 14.7. The number of hydrogen-bond donors (Lipinski definition) is 2. The summed E-state index contributed by atoms with van der Waals surface area (Å²) in [6.45, 7) is 1.26. The number of rotatable bonds is 5. The third-order valence-electron chi connectivity index (χ3n) is 8.12. The van der Waals surface area contributed by atoms with Crippen LogP contribution in [0.4, 0.5) is 20.5 Å². The highest BCUT2D eigenvalue weighted by atomic mass is 35.5. The number of fused-ring (bicyclic) bond motifs is 1. The second-order valence-corrected chi connectivity index (χ2v) is 12.4. The third kappa shape index (κ3) is 3.99. The number of aromatic nitrogens is 4. The van der Waals surface area contributed by atoms with Crippen LogP contribution in [-0.2, 0) is 16.7 Å². The Morgan fingerprint density at radius 3 is 2.43 bits per heavy atom. The fourth-order valence-electron chi connectivity index (χ4n) is 5.85. The maximum absolute atomic E-state index is 14.7. The topological polar surface area (TPSA) is 104 Å². The lowest BCUT2D eigenvalue weighted by Gasteiger charge is -2.53. The first-order valence-electron chi connectivity index (χ1n) is 12.0. The Balaban J connectivity index is 1.21. The van der Waals surface area contributed by atoms with Crippen LogP contribution in [0, 0.1) is 5.41 Å². The van der Waals surface area contributed by atoms with Gasteiger partial charge in [0.15, 0.2) is 0 Å². The molecule has 2 aromatic rings. The molecule has 8 nitrogen and oxygen atoms in total. The molecule has 2 N–H and O–H groups in total. The van der Waals surface area contributed by atoms with E-state index in [2.05, 4.69) is 25.3 Å². The van der Waals surface area contributed by atoms with Crippen LogP contribution in [0.15, 0.2) is 17.3 Å². The lowest BCUT2D eigenvalue weighted by atomic mass is 9.66. The standard InChI is InChI=1S/C23H27ClF2N6O2S/c24-15-8-27-18(28-9-15)14-2-6-21(7-3-14)10-32(11-21)20-29-17-16(35(34)13-23(17,25)26)19(30-20)31-22(12-33)4-1-5-22/h8-9,14,33H,1-7,10-13H2,(H,29,30,31)/t35-/m0/s1. The molecule has 1 spiro atoms. The molecule has 188 valence electrons. The summed E-state index contributed by atoms with van der Waals surface area (Å²) in [7, 11) is -1.89. The van der Waals surface area contributed by atoms with Crippen molar-refractivity contribution in [3.8, 4) is 0 Å². The molecular formula is C23H27ClF2N6O2S. The Kier molecular flexibility index (Phi) is 5.54. The minimum Gasteiger partial charge on any atom is -0.394 e. The Morgan fingerprint density at radius 1 is 1.14 bits per heavy atom. The molecule has 4 heterocycles. The maximum Gasteiger partial charge on any atom is 0.302 e. The molecule has 2 aliphatic heterocycles. The molecule has 2 saturated carbocycles. The number of nitrogens with zero attached hydrogens (tertiary/aromatic N) is 5. The highest BCUT2D eigenvalue weighted by Crippen LogP contribution is 2.50. The summed E-state index contributed by atoms with van der Waals surface area (Å²) in [5, 5.41) is 13.6. The molecular weight excluding hydrogens is 498 g/mol. The van der Waals surface area contributed by atoms with Crippen molar-refractivity contribution in [3.05, 3.63) is 28.9 Å². The van der Waals surface area contributed by atoms with Crippen molar-refractivity contribution >= 4 is 34.2 Å². The van der Waals surface area contributed by atoms with Crippen molar-refractivity contribution in [1.82, 2.24) is 19.9 Å². The van der Waals surface area contributed by atoms with E-state index in [1.54, 1.807) is 12.4 Å². The van der Waals surface area contributed by atoms with Gasteiger partial charge in [0, 0.05) is 36.8 Å². The van der Waals surface area contributed by atoms with E-state index >= 15 is 0 Å². The van der Waals surface area contributed by atoms with Crippen LogP contribution in [-0.4, -0.2) is 60.2 Å². The number of hydrogen-bond acceptors (Lipinski definition) is 8. The van der Waals surface area contributed by atoms with E-state index < -0.39 is 33.7 Å². The Hall–Kier alpha value is -1.98. The Bertz CT molecular complexity index is 1160. The summed E-state index contributed by atoms with van der Waals surface area (Å²) in [5.41, 5.74) is -0.940. The molecule has 1 saturated heterocycles. The summed E-state index contributed by atoms with van der Waals surface area (Å²) >= 11 is 5.91. The average molecular weight is 525 g/mol. The molecule has 0 aromatic carbocycles. The highest BCUT2D eigenvalue weighted by Gasteiger charge is 2.51. The van der Waals surface area contributed by atoms with Crippen molar-refractivity contribution in [3.63, 3.8) is 0 Å². The fourth-order valence-corrected chi connectivity index (χ4v) is 7.28. The van der Waals surface area contributed by atoms with Gasteiger partial charge >= 0.3 is 5.92 Å². The van der Waals surface area contributed by atoms with Crippen LogP contribution in [0.1, 0.15) is 62.4 Å². The fraction of sp³-hybridized carbons (Fsp3) is 0.652. The smallest absolute Gasteiger partial charge is 0.302 e. The van der Waals surface area contributed by atoms with Crippen molar-refractivity contribution in [1.29, 1.82) is 0 Å². The van der Waals surface area contributed by atoms with Crippen molar-refractivity contribution in [2.24, 2.45) is 5.41 Å². The molecule has 0 bridgehead atoms. The zero-order valence-corrected chi connectivity index (χ0v) is 20.7. The van der Waals surface area contributed by atoms with Crippen molar-refractivity contribution < 1.29 is 18.1 Å². The van der Waals surface area contributed by atoms with Crippen LogP contribution >= 0.6 is 11.6 Å². The van der Waals surface area contributed by atoms with Gasteiger partial charge in [0.25, 0.3) is 0 Å². The van der Waals surface area contributed by atoms with Crippen molar-refractivity contribution in [2.45, 2.75) is 67.2 Å². The van der Waals surface area contributed by atoms with Crippen LogP contribution in [0.25, 0.3) is 0 Å². The SMILES string of the molecule is O=[S@]1CC(F)(F)c2nc(N3CC4(CCC(c5ncc(Cl)cn5)CC4)C3)nc(NC3(CO)CCC3)c21. The van der Waals surface area contributed by atoms with E-state index in [0.29, 0.717) is 36.9 Å². The van der Waals surface area contributed by atoms with E-state index in [4.69, 9.17) is 11.6 Å².